The summed E-state index contributed by atoms with van der Waals surface area (Å²) in [5.74, 6) is 0.712. The predicted octanol–water partition coefficient (Wildman–Crippen LogP) is 4.32. The second-order valence-corrected chi connectivity index (χ2v) is 7.14. The van der Waals surface area contributed by atoms with E-state index in [1.807, 2.05) is 31.2 Å². The number of rotatable bonds is 4. The van der Waals surface area contributed by atoms with Gasteiger partial charge in [-0.15, -0.1) is 0 Å². The van der Waals surface area contributed by atoms with E-state index in [2.05, 4.69) is 10.1 Å². The fraction of sp³-hybridized carbons (Fsp3) is 0.286. The van der Waals surface area contributed by atoms with Gasteiger partial charge in [-0.3, -0.25) is 14.9 Å². The molecule has 8 nitrogen and oxygen atoms in total. The third-order valence-corrected chi connectivity index (χ3v) is 5.13. The molecule has 0 spiro atoms. The van der Waals surface area contributed by atoms with Gasteiger partial charge in [0.1, 0.15) is 6.04 Å². The molecule has 1 fully saturated rings. The maximum atomic E-state index is 13.0. The van der Waals surface area contributed by atoms with Gasteiger partial charge in [-0.05, 0) is 38.3 Å². The van der Waals surface area contributed by atoms with Crippen molar-refractivity contribution in [1.29, 1.82) is 0 Å². The molecule has 29 heavy (non-hydrogen) atoms. The first-order valence-electron chi connectivity index (χ1n) is 9.49. The summed E-state index contributed by atoms with van der Waals surface area (Å²) in [5, 5.41) is 14.9. The lowest BCUT2D eigenvalue weighted by atomic mass is 10.0. The van der Waals surface area contributed by atoms with Crippen LogP contribution in [0.3, 0.4) is 0 Å². The fourth-order valence-corrected chi connectivity index (χ4v) is 3.51. The molecule has 148 valence electrons. The van der Waals surface area contributed by atoms with Crippen LogP contribution in [0.2, 0.25) is 0 Å². The van der Waals surface area contributed by atoms with Crippen molar-refractivity contribution in [2.45, 2.75) is 32.2 Å². The molecule has 0 unspecified atom stereocenters. The van der Waals surface area contributed by atoms with Gasteiger partial charge in [0, 0.05) is 29.8 Å². The molecule has 1 aliphatic rings. The maximum absolute atomic E-state index is 13.0. The Labute approximate surface area is 167 Å². The Balaban J connectivity index is 1.58. The van der Waals surface area contributed by atoms with Crippen LogP contribution in [-0.2, 0) is 0 Å². The first kappa shape index (κ1) is 18.8. The fourth-order valence-electron chi connectivity index (χ4n) is 3.51. The van der Waals surface area contributed by atoms with E-state index in [1.54, 1.807) is 4.90 Å². The molecule has 3 aromatic rings. The van der Waals surface area contributed by atoms with Gasteiger partial charge < -0.3 is 9.42 Å². The minimum absolute atomic E-state index is 0.0450. The van der Waals surface area contributed by atoms with Crippen LogP contribution in [-0.4, -0.2) is 32.4 Å². The van der Waals surface area contributed by atoms with E-state index in [0.717, 1.165) is 30.4 Å². The molecule has 0 bridgehead atoms. The van der Waals surface area contributed by atoms with Gasteiger partial charge in [-0.2, -0.15) is 4.98 Å². The first-order chi connectivity index (χ1) is 14.0. The number of piperidine rings is 1. The van der Waals surface area contributed by atoms with Crippen LogP contribution in [0.1, 0.15) is 47.1 Å². The quantitative estimate of drug-likeness (QED) is 0.484. The van der Waals surface area contributed by atoms with E-state index >= 15 is 0 Å². The van der Waals surface area contributed by atoms with Crippen LogP contribution < -0.4 is 0 Å². The van der Waals surface area contributed by atoms with E-state index in [-0.39, 0.29) is 17.6 Å². The zero-order chi connectivity index (χ0) is 20.4. The second-order valence-electron chi connectivity index (χ2n) is 7.14. The molecule has 1 amide bonds. The van der Waals surface area contributed by atoms with Crippen molar-refractivity contribution >= 4 is 11.6 Å². The zero-order valence-corrected chi connectivity index (χ0v) is 15.9. The van der Waals surface area contributed by atoms with Crippen LogP contribution in [0.4, 0.5) is 5.69 Å². The van der Waals surface area contributed by atoms with E-state index in [9.17, 15) is 14.9 Å². The van der Waals surface area contributed by atoms with Gasteiger partial charge in [0.25, 0.3) is 11.6 Å². The van der Waals surface area contributed by atoms with Gasteiger partial charge >= 0.3 is 0 Å². The topological polar surface area (TPSA) is 102 Å². The number of non-ortho nitro benzene ring substituents is 1. The molecule has 1 atom stereocenters. The molecule has 1 aromatic heterocycles. The number of likely N-dealkylation sites (tertiary alicyclic amines) is 1. The summed E-state index contributed by atoms with van der Waals surface area (Å²) >= 11 is 0. The summed E-state index contributed by atoms with van der Waals surface area (Å²) in [6.07, 6.45) is 2.57. The van der Waals surface area contributed by atoms with Crippen molar-refractivity contribution in [1.82, 2.24) is 15.0 Å². The summed E-state index contributed by atoms with van der Waals surface area (Å²) in [4.78, 5) is 29.7. The number of carbonyl (C=O) groups is 1. The minimum Gasteiger partial charge on any atom is -0.337 e. The van der Waals surface area contributed by atoms with Crippen molar-refractivity contribution in [3.63, 3.8) is 0 Å². The normalized spacial score (nSPS) is 16.6. The Bertz CT molecular complexity index is 1030. The Morgan fingerprint density at radius 3 is 2.55 bits per heavy atom. The number of nitro benzene ring substituents is 1. The number of benzene rings is 2. The highest BCUT2D eigenvalue weighted by atomic mass is 16.6. The van der Waals surface area contributed by atoms with E-state index in [0.29, 0.717) is 23.8 Å². The number of nitro groups is 1. The van der Waals surface area contributed by atoms with Crippen molar-refractivity contribution in [2.75, 3.05) is 6.54 Å². The number of aryl methyl sites for hydroxylation is 1. The third-order valence-electron chi connectivity index (χ3n) is 5.13. The molecule has 4 rings (SSSR count). The van der Waals surface area contributed by atoms with Crippen molar-refractivity contribution < 1.29 is 14.2 Å². The summed E-state index contributed by atoms with van der Waals surface area (Å²) in [7, 11) is 0. The monoisotopic (exact) mass is 392 g/mol. The smallest absolute Gasteiger partial charge is 0.269 e. The van der Waals surface area contributed by atoms with Crippen molar-refractivity contribution in [2.24, 2.45) is 0 Å². The highest BCUT2D eigenvalue weighted by molar-refractivity contribution is 5.94. The standard InChI is InChI=1S/C21H20N4O4/c1-14-5-7-15(8-6-14)19-22-20(29-23-19)18-4-2-3-13-24(18)21(26)16-9-11-17(12-10-16)25(27)28/h5-12,18H,2-4,13H2,1H3/t18-/m0/s1. The van der Waals surface area contributed by atoms with Gasteiger partial charge in [-0.1, -0.05) is 35.0 Å². The predicted molar refractivity (Wildman–Crippen MR) is 105 cm³/mol. The Kier molecular flexibility index (Phi) is 5.07. The van der Waals surface area contributed by atoms with Crippen LogP contribution in [0.5, 0.6) is 0 Å². The molecule has 1 aliphatic heterocycles. The molecule has 0 aliphatic carbocycles. The summed E-state index contributed by atoms with van der Waals surface area (Å²) < 4.78 is 5.51. The molecule has 8 heteroatoms. The molecule has 0 radical (unpaired) electrons. The largest absolute Gasteiger partial charge is 0.337 e. The summed E-state index contributed by atoms with van der Waals surface area (Å²) in [6.45, 7) is 2.58. The Morgan fingerprint density at radius 2 is 1.86 bits per heavy atom. The molecular formula is C21H20N4O4. The second kappa shape index (κ2) is 7.83. The number of carbonyl (C=O) groups excluding carboxylic acids is 1. The molecule has 0 saturated carbocycles. The van der Waals surface area contributed by atoms with Crippen LogP contribution in [0.15, 0.2) is 53.1 Å². The van der Waals surface area contributed by atoms with E-state index in [1.165, 1.54) is 24.3 Å². The van der Waals surface area contributed by atoms with Gasteiger partial charge in [-0.25, -0.2) is 0 Å². The SMILES string of the molecule is Cc1ccc(-c2noc([C@@H]3CCCCN3C(=O)c3ccc([N+](=O)[O-])cc3)n2)cc1. The highest BCUT2D eigenvalue weighted by Gasteiger charge is 2.33. The lowest BCUT2D eigenvalue weighted by molar-refractivity contribution is -0.384. The van der Waals surface area contributed by atoms with Crippen LogP contribution in [0.25, 0.3) is 11.4 Å². The van der Waals surface area contributed by atoms with E-state index < -0.39 is 4.92 Å². The van der Waals surface area contributed by atoms with Crippen molar-refractivity contribution in [3.8, 4) is 11.4 Å². The zero-order valence-electron chi connectivity index (χ0n) is 15.9. The molecule has 2 aromatic carbocycles. The summed E-state index contributed by atoms with van der Waals surface area (Å²) in [6, 6.07) is 13.2. The molecule has 2 heterocycles. The average Bonchev–Trinajstić information content (AvgIpc) is 3.24. The molecular weight excluding hydrogens is 372 g/mol. The Morgan fingerprint density at radius 1 is 1.14 bits per heavy atom. The first-order valence-corrected chi connectivity index (χ1v) is 9.49. The number of nitrogens with zero attached hydrogens (tertiary/aromatic N) is 4. The molecule has 1 saturated heterocycles. The Hall–Kier alpha value is -3.55. The maximum Gasteiger partial charge on any atom is 0.269 e. The number of amides is 1. The van der Waals surface area contributed by atoms with Gasteiger partial charge in [0.05, 0.1) is 4.92 Å². The third kappa shape index (κ3) is 3.87. The minimum atomic E-state index is -0.483. The highest BCUT2D eigenvalue weighted by Crippen LogP contribution is 2.32. The van der Waals surface area contributed by atoms with Crippen LogP contribution >= 0.6 is 0 Å². The molecule has 0 N–H and O–H groups in total. The van der Waals surface area contributed by atoms with Crippen LogP contribution in [0, 0.1) is 17.0 Å². The van der Waals surface area contributed by atoms with Crippen molar-refractivity contribution in [3.05, 3.63) is 75.7 Å². The lowest BCUT2D eigenvalue weighted by Gasteiger charge is -2.33. The van der Waals surface area contributed by atoms with Gasteiger partial charge in [0.15, 0.2) is 0 Å². The van der Waals surface area contributed by atoms with E-state index in [4.69, 9.17) is 4.52 Å². The number of hydrogen-bond donors (Lipinski definition) is 0. The number of hydrogen-bond acceptors (Lipinski definition) is 6. The number of aromatic nitrogens is 2. The summed E-state index contributed by atoms with van der Waals surface area (Å²) in [5.41, 5.74) is 2.36. The average molecular weight is 392 g/mol. The lowest BCUT2D eigenvalue weighted by Crippen LogP contribution is -2.38. The van der Waals surface area contributed by atoms with Gasteiger partial charge in [0.2, 0.25) is 11.7 Å².